The zero-order chi connectivity index (χ0) is 16.7. The normalized spacial score (nSPS) is 17.5. The molecule has 0 aliphatic carbocycles. The van der Waals surface area contributed by atoms with Gasteiger partial charge in [0.2, 0.25) is 5.91 Å². The lowest BCUT2D eigenvalue weighted by Gasteiger charge is -2.28. The lowest BCUT2D eigenvalue weighted by Crippen LogP contribution is -2.36. The molecule has 0 radical (unpaired) electrons. The monoisotopic (exact) mass is 374 g/mol. The second-order valence-electron chi connectivity index (χ2n) is 6.46. The maximum absolute atomic E-state index is 12.1. The number of hydrogen-bond donors (Lipinski definition) is 2. The molecule has 2 atom stereocenters. The Hall–Kier alpha value is -0.970. The van der Waals surface area contributed by atoms with Gasteiger partial charge in [-0.1, -0.05) is 24.6 Å². The summed E-state index contributed by atoms with van der Waals surface area (Å²) < 4.78 is 5.76. The Morgan fingerprint density at radius 3 is 2.75 bits per heavy atom. The van der Waals surface area contributed by atoms with Crippen LogP contribution in [0, 0.1) is 11.8 Å². The Bertz CT molecular complexity index is 508. The maximum Gasteiger partial charge on any atom is 0.220 e. The molecule has 1 aromatic rings. The van der Waals surface area contributed by atoms with Gasteiger partial charge in [-0.3, -0.25) is 4.79 Å². The van der Waals surface area contributed by atoms with Gasteiger partial charge in [-0.15, -0.1) is 12.4 Å². The number of ether oxygens (including phenoxy) is 1. The predicted octanol–water partition coefficient (Wildman–Crippen LogP) is 3.67. The van der Waals surface area contributed by atoms with Crippen molar-refractivity contribution in [1.29, 1.82) is 0 Å². The van der Waals surface area contributed by atoms with Gasteiger partial charge >= 0.3 is 0 Å². The fraction of sp³-hybridized carbons (Fsp3) is 0.611. The molecule has 2 unspecified atom stereocenters. The van der Waals surface area contributed by atoms with Crippen LogP contribution in [0.5, 0.6) is 5.75 Å². The van der Waals surface area contributed by atoms with Crippen molar-refractivity contribution in [1.82, 2.24) is 10.6 Å². The molecule has 1 amide bonds. The highest BCUT2D eigenvalue weighted by Gasteiger charge is 2.22. The summed E-state index contributed by atoms with van der Waals surface area (Å²) >= 11 is 5.93. The second kappa shape index (κ2) is 10.8. The molecule has 2 N–H and O–H groups in total. The minimum atomic E-state index is -0.0911. The predicted molar refractivity (Wildman–Crippen MR) is 101 cm³/mol. The molecular weight excluding hydrogens is 347 g/mol. The molecule has 0 bridgehead atoms. The summed E-state index contributed by atoms with van der Waals surface area (Å²) in [4.78, 5) is 12.1. The van der Waals surface area contributed by atoms with Gasteiger partial charge in [0, 0.05) is 11.4 Å². The van der Waals surface area contributed by atoms with E-state index in [0.29, 0.717) is 29.8 Å². The molecule has 1 aliphatic heterocycles. The van der Waals surface area contributed by atoms with Crippen molar-refractivity contribution in [3.05, 3.63) is 29.3 Å². The minimum Gasteiger partial charge on any atom is -0.489 e. The Morgan fingerprint density at radius 1 is 1.38 bits per heavy atom. The van der Waals surface area contributed by atoms with Gasteiger partial charge in [0.1, 0.15) is 11.9 Å². The van der Waals surface area contributed by atoms with E-state index in [0.717, 1.165) is 18.8 Å². The van der Waals surface area contributed by atoms with Crippen molar-refractivity contribution in [3.63, 3.8) is 0 Å². The number of amides is 1. The lowest BCUT2D eigenvalue weighted by molar-refractivity contribution is -0.122. The first-order chi connectivity index (χ1) is 11.0. The van der Waals surface area contributed by atoms with E-state index in [9.17, 15) is 4.79 Å². The summed E-state index contributed by atoms with van der Waals surface area (Å²) in [5.41, 5.74) is 0. The zero-order valence-electron chi connectivity index (χ0n) is 14.4. The molecule has 4 nitrogen and oxygen atoms in total. The van der Waals surface area contributed by atoms with Crippen LogP contribution in [-0.2, 0) is 4.79 Å². The molecule has 0 saturated carbocycles. The van der Waals surface area contributed by atoms with E-state index < -0.39 is 0 Å². The topological polar surface area (TPSA) is 50.4 Å². The van der Waals surface area contributed by atoms with Crippen LogP contribution in [0.1, 0.15) is 33.1 Å². The molecule has 1 aromatic carbocycles. The van der Waals surface area contributed by atoms with Crippen molar-refractivity contribution in [3.8, 4) is 5.75 Å². The van der Waals surface area contributed by atoms with Gasteiger partial charge in [0.25, 0.3) is 0 Å². The molecule has 1 saturated heterocycles. The maximum atomic E-state index is 12.1. The number of carbonyl (C=O) groups is 1. The summed E-state index contributed by atoms with van der Waals surface area (Å²) in [6.07, 6.45) is 2.84. The molecule has 1 fully saturated rings. The number of benzene rings is 1. The lowest BCUT2D eigenvalue weighted by atomic mass is 9.84. The summed E-state index contributed by atoms with van der Waals surface area (Å²) in [6, 6.07) is 7.30. The number of rotatable bonds is 7. The van der Waals surface area contributed by atoms with Crippen LogP contribution in [0.15, 0.2) is 24.3 Å². The Labute approximate surface area is 156 Å². The summed E-state index contributed by atoms with van der Waals surface area (Å²) in [5.74, 6) is 1.92. The number of piperidine rings is 1. The van der Waals surface area contributed by atoms with E-state index in [1.165, 1.54) is 12.8 Å². The molecule has 1 heterocycles. The molecule has 136 valence electrons. The molecule has 2 rings (SSSR count). The van der Waals surface area contributed by atoms with Gasteiger partial charge in [0.15, 0.2) is 0 Å². The highest BCUT2D eigenvalue weighted by Crippen LogP contribution is 2.24. The van der Waals surface area contributed by atoms with E-state index in [2.05, 4.69) is 17.6 Å². The van der Waals surface area contributed by atoms with Crippen molar-refractivity contribution in [2.75, 3.05) is 19.6 Å². The van der Waals surface area contributed by atoms with Gasteiger partial charge < -0.3 is 15.4 Å². The minimum absolute atomic E-state index is 0. The molecule has 0 aromatic heterocycles. The average Bonchev–Trinajstić information content (AvgIpc) is 2.54. The van der Waals surface area contributed by atoms with Crippen LogP contribution in [0.25, 0.3) is 0 Å². The molecular formula is C18H28Cl2N2O2. The average molecular weight is 375 g/mol. The second-order valence-corrected chi connectivity index (χ2v) is 6.90. The number of nitrogens with one attached hydrogen (secondary N) is 2. The third kappa shape index (κ3) is 7.29. The van der Waals surface area contributed by atoms with Crippen LogP contribution in [0.2, 0.25) is 5.02 Å². The Balaban J connectivity index is 0.00000288. The first-order valence-corrected chi connectivity index (χ1v) is 8.82. The van der Waals surface area contributed by atoms with E-state index in [1.54, 1.807) is 6.07 Å². The van der Waals surface area contributed by atoms with E-state index >= 15 is 0 Å². The fourth-order valence-corrected chi connectivity index (χ4v) is 3.20. The van der Waals surface area contributed by atoms with Crippen LogP contribution in [0.3, 0.4) is 0 Å². The Kier molecular flexibility index (Phi) is 9.49. The van der Waals surface area contributed by atoms with E-state index in [4.69, 9.17) is 16.3 Å². The smallest absolute Gasteiger partial charge is 0.220 e. The number of halogens is 2. The first kappa shape index (κ1) is 21.1. The summed E-state index contributed by atoms with van der Waals surface area (Å²) in [6.45, 7) is 6.77. The third-order valence-corrected chi connectivity index (χ3v) is 4.65. The largest absolute Gasteiger partial charge is 0.489 e. The van der Waals surface area contributed by atoms with Crippen molar-refractivity contribution < 1.29 is 9.53 Å². The standard InChI is InChI=1S/C18H27ClN2O2.ClH/c1-13(15-6-8-20-9-7-15)10-18(22)21-12-14(2)23-17-5-3-4-16(19)11-17;/h3-5,11,13-15,20H,6-10,12H2,1-2H3,(H,21,22);1H. The molecule has 6 heteroatoms. The van der Waals surface area contributed by atoms with Crippen LogP contribution in [0.4, 0.5) is 0 Å². The van der Waals surface area contributed by atoms with Gasteiger partial charge in [-0.05, 0) is 62.9 Å². The summed E-state index contributed by atoms with van der Waals surface area (Å²) in [7, 11) is 0. The zero-order valence-corrected chi connectivity index (χ0v) is 16.0. The third-order valence-electron chi connectivity index (χ3n) is 4.42. The van der Waals surface area contributed by atoms with Crippen LogP contribution >= 0.6 is 24.0 Å². The highest BCUT2D eigenvalue weighted by molar-refractivity contribution is 6.30. The fourth-order valence-electron chi connectivity index (χ4n) is 3.02. The number of carbonyl (C=O) groups excluding carboxylic acids is 1. The Morgan fingerprint density at radius 2 is 2.08 bits per heavy atom. The SMILES string of the molecule is CC(CNC(=O)CC(C)C1CCNCC1)Oc1cccc(Cl)c1.Cl. The van der Waals surface area contributed by atoms with Crippen LogP contribution < -0.4 is 15.4 Å². The van der Waals surface area contributed by atoms with Gasteiger partial charge in [0.05, 0.1) is 6.54 Å². The van der Waals surface area contributed by atoms with Crippen LogP contribution in [-0.4, -0.2) is 31.6 Å². The van der Waals surface area contributed by atoms with Crippen molar-refractivity contribution in [2.45, 2.75) is 39.2 Å². The van der Waals surface area contributed by atoms with Gasteiger partial charge in [-0.25, -0.2) is 0 Å². The molecule has 1 aliphatic rings. The summed E-state index contributed by atoms with van der Waals surface area (Å²) in [5, 5.41) is 6.99. The number of hydrogen-bond acceptors (Lipinski definition) is 3. The van der Waals surface area contributed by atoms with E-state index in [-0.39, 0.29) is 24.4 Å². The highest BCUT2D eigenvalue weighted by atomic mass is 35.5. The van der Waals surface area contributed by atoms with Gasteiger partial charge in [-0.2, -0.15) is 0 Å². The van der Waals surface area contributed by atoms with Crippen molar-refractivity contribution >= 4 is 29.9 Å². The van der Waals surface area contributed by atoms with Crippen molar-refractivity contribution in [2.24, 2.45) is 11.8 Å². The quantitative estimate of drug-likeness (QED) is 0.765. The van der Waals surface area contributed by atoms with E-state index in [1.807, 2.05) is 25.1 Å². The first-order valence-electron chi connectivity index (χ1n) is 8.44. The molecule has 24 heavy (non-hydrogen) atoms. The molecule has 0 spiro atoms.